The summed E-state index contributed by atoms with van der Waals surface area (Å²) in [6.07, 6.45) is 0. The van der Waals surface area contributed by atoms with Crippen molar-refractivity contribution < 1.29 is 21.9 Å². The third-order valence-corrected chi connectivity index (χ3v) is 6.08. The highest BCUT2D eigenvalue weighted by Crippen LogP contribution is 2.24. The maximum Gasteiger partial charge on any atom is 0.240 e. The second kappa shape index (κ2) is 8.84. The molecule has 2 rings (SSSR count). The Balaban J connectivity index is 1.88. The molecule has 2 aromatic rings. The number of hydrogen-bond donors (Lipinski definition) is 1. The number of rotatable bonds is 8. The predicted octanol–water partition coefficient (Wildman–Crippen LogP) is 3.84. The van der Waals surface area contributed by atoms with Crippen molar-refractivity contribution in [3.8, 4) is 5.75 Å². The molecule has 0 spiro atoms. The molecule has 136 valence electrons. The summed E-state index contributed by atoms with van der Waals surface area (Å²) in [7, 11) is -2.52. The van der Waals surface area contributed by atoms with E-state index in [0.29, 0.717) is 22.1 Å². The van der Waals surface area contributed by atoms with Crippen molar-refractivity contribution in [2.75, 3.05) is 19.4 Å². The summed E-state index contributed by atoms with van der Waals surface area (Å²) in [6.45, 7) is 0.138. The van der Waals surface area contributed by atoms with Crippen LogP contribution < -0.4 is 9.46 Å². The van der Waals surface area contributed by atoms with Gasteiger partial charge in [0.05, 0.1) is 12.0 Å². The van der Waals surface area contributed by atoms with Crippen molar-refractivity contribution in [1.29, 1.82) is 0 Å². The smallest absolute Gasteiger partial charge is 0.240 e. The summed E-state index contributed by atoms with van der Waals surface area (Å²) < 4.78 is 58.5. The Bertz CT molecular complexity index is 827. The third kappa shape index (κ3) is 5.31. The largest absolute Gasteiger partial charge is 0.494 e. The molecular formula is C16H16ClF2NO3S2. The molecule has 0 bridgehead atoms. The fourth-order valence-corrected chi connectivity index (χ4v) is 4.36. The Morgan fingerprint density at radius 3 is 2.64 bits per heavy atom. The Labute approximate surface area is 154 Å². The van der Waals surface area contributed by atoms with Gasteiger partial charge in [0.15, 0.2) is 11.6 Å². The number of methoxy groups -OCH3 is 1. The van der Waals surface area contributed by atoms with Crippen molar-refractivity contribution in [2.24, 2.45) is 0 Å². The average molecular weight is 408 g/mol. The molecule has 0 aromatic heterocycles. The number of benzene rings is 2. The molecule has 0 saturated heterocycles. The van der Waals surface area contributed by atoms with E-state index in [0.717, 1.165) is 18.2 Å². The van der Waals surface area contributed by atoms with Gasteiger partial charge in [0.1, 0.15) is 5.82 Å². The molecule has 0 aliphatic heterocycles. The summed E-state index contributed by atoms with van der Waals surface area (Å²) in [5, 5.41) is 0.339. The lowest BCUT2D eigenvalue weighted by atomic mass is 10.2. The van der Waals surface area contributed by atoms with Gasteiger partial charge in [-0.15, -0.1) is 0 Å². The summed E-state index contributed by atoms with van der Waals surface area (Å²) in [5.41, 5.74) is 0.389. The highest BCUT2D eigenvalue weighted by Gasteiger charge is 2.16. The standard InChI is InChI=1S/C16H16ClF2NO3S2/c1-23-16-9-11(5-6-15(16)19)25(21,22)20-7-8-24-10-12-13(17)3-2-4-14(12)18/h2-6,9,20H,7-8,10H2,1H3. The summed E-state index contributed by atoms with van der Waals surface area (Å²) in [6, 6.07) is 7.76. The van der Waals surface area contributed by atoms with Gasteiger partial charge in [-0.1, -0.05) is 17.7 Å². The number of ether oxygens (including phenoxy) is 1. The van der Waals surface area contributed by atoms with Crippen molar-refractivity contribution in [2.45, 2.75) is 10.6 Å². The minimum atomic E-state index is -3.78. The quantitative estimate of drug-likeness (QED) is 0.675. The number of nitrogens with one attached hydrogen (secondary N) is 1. The first-order chi connectivity index (χ1) is 11.8. The van der Waals surface area contributed by atoms with Gasteiger partial charge in [0.25, 0.3) is 0 Å². The topological polar surface area (TPSA) is 55.4 Å². The van der Waals surface area contributed by atoms with Crippen LogP contribution in [0.5, 0.6) is 5.75 Å². The molecule has 0 fully saturated rings. The first kappa shape index (κ1) is 20.0. The lowest BCUT2D eigenvalue weighted by Gasteiger charge is -2.09. The van der Waals surface area contributed by atoms with Gasteiger partial charge in [0.2, 0.25) is 10.0 Å². The molecule has 0 amide bonds. The maximum atomic E-state index is 13.6. The second-order valence-corrected chi connectivity index (χ2v) is 8.23. The fourth-order valence-electron chi connectivity index (χ4n) is 1.98. The van der Waals surface area contributed by atoms with Crippen molar-refractivity contribution in [3.05, 3.63) is 58.6 Å². The van der Waals surface area contributed by atoms with Crippen LogP contribution in [0, 0.1) is 11.6 Å². The van der Waals surface area contributed by atoms with E-state index >= 15 is 0 Å². The van der Waals surface area contributed by atoms with E-state index in [2.05, 4.69) is 4.72 Å². The van der Waals surface area contributed by atoms with Crippen molar-refractivity contribution in [1.82, 2.24) is 4.72 Å². The monoisotopic (exact) mass is 407 g/mol. The van der Waals surface area contributed by atoms with E-state index in [1.165, 1.54) is 31.0 Å². The molecule has 2 aromatic carbocycles. The number of halogens is 3. The lowest BCUT2D eigenvalue weighted by molar-refractivity contribution is 0.385. The van der Waals surface area contributed by atoms with E-state index in [9.17, 15) is 17.2 Å². The molecule has 9 heteroatoms. The lowest BCUT2D eigenvalue weighted by Crippen LogP contribution is -2.26. The molecule has 0 saturated carbocycles. The molecular weight excluding hydrogens is 392 g/mol. The first-order valence-corrected chi connectivity index (χ1v) is 10.2. The number of thioether (sulfide) groups is 1. The van der Waals surface area contributed by atoms with Crippen molar-refractivity contribution in [3.63, 3.8) is 0 Å². The Morgan fingerprint density at radius 2 is 1.96 bits per heavy atom. The van der Waals surface area contributed by atoms with Crippen LogP contribution in [0.2, 0.25) is 5.02 Å². The molecule has 0 heterocycles. The third-order valence-electron chi connectivity index (χ3n) is 3.28. The van der Waals surface area contributed by atoms with E-state index in [-0.39, 0.29) is 23.0 Å². The zero-order chi connectivity index (χ0) is 18.4. The zero-order valence-corrected chi connectivity index (χ0v) is 15.6. The van der Waals surface area contributed by atoms with E-state index in [1.807, 2.05) is 0 Å². The molecule has 4 nitrogen and oxygen atoms in total. The van der Waals surface area contributed by atoms with Gasteiger partial charge in [-0.2, -0.15) is 11.8 Å². The molecule has 0 aliphatic carbocycles. The van der Waals surface area contributed by atoms with Crippen LogP contribution in [0.4, 0.5) is 8.78 Å². The van der Waals surface area contributed by atoms with Gasteiger partial charge >= 0.3 is 0 Å². The second-order valence-electron chi connectivity index (χ2n) is 4.95. The molecule has 25 heavy (non-hydrogen) atoms. The number of hydrogen-bond acceptors (Lipinski definition) is 4. The normalized spacial score (nSPS) is 11.5. The molecule has 0 radical (unpaired) electrons. The van der Waals surface area contributed by atoms with Crippen LogP contribution in [0.3, 0.4) is 0 Å². The van der Waals surface area contributed by atoms with E-state index in [1.54, 1.807) is 6.07 Å². The SMILES string of the molecule is COc1cc(S(=O)(=O)NCCSCc2c(F)cccc2Cl)ccc1F. The Hall–Kier alpha value is -1.35. The van der Waals surface area contributed by atoms with Crippen molar-refractivity contribution >= 4 is 33.4 Å². The minimum Gasteiger partial charge on any atom is -0.494 e. The zero-order valence-electron chi connectivity index (χ0n) is 13.3. The minimum absolute atomic E-state index is 0.0899. The summed E-state index contributed by atoms with van der Waals surface area (Å²) >= 11 is 7.27. The molecule has 1 N–H and O–H groups in total. The highest BCUT2D eigenvalue weighted by molar-refractivity contribution is 7.98. The summed E-state index contributed by atoms with van der Waals surface area (Å²) in [5.74, 6) is -0.427. The molecule has 0 atom stereocenters. The Morgan fingerprint density at radius 1 is 1.20 bits per heavy atom. The van der Waals surface area contributed by atoms with Gasteiger partial charge in [0, 0.05) is 34.7 Å². The summed E-state index contributed by atoms with van der Waals surface area (Å²) in [4.78, 5) is -0.0899. The van der Waals surface area contributed by atoms with E-state index < -0.39 is 15.8 Å². The Kier molecular flexibility index (Phi) is 7.06. The van der Waals surface area contributed by atoms with Crippen LogP contribution in [0.15, 0.2) is 41.3 Å². The van der Waals surface area contributed by atoms with Crippen LogP contribution >= 0.6 is 23.4 Å². The molecule has 0 aliphatic rings. The van der Waals surface area contributed by atoms with Gasteiger partial charge in [-0.05, 0) is 24.3 Å². The van der Waals surface area contributed by atoms with Crippen LogP contribution in [0.25, 0.3) is 0 Å². The fraction of sp³-hybridized carbons (Fsp3) is 0.250. The average Bonchev–Trinajstić information content (AvgIpc) is 2.57. The maximum absolute atomic E-state index is 13.6. The van der Waals surface area contributed by atoms with E-state index in [4.69, 9.17) is 16.3 Å². The van der Waals surface area contributed by atoms with Crippen LogP contribution in [0.1, 0.15) is 5.56 Å². The van der Waals surface area contributed by atoms with Gasteiger partial charge in [-0.3, -0.25) is 0 Å². The number of sulfonamides is 1. The predicted molar refractivity (Wildman–Crippen MR) is 95.7 cm³/mol. The van der Waals surface area contributed by atoms with Gasteiger partial charge < -0.3 is 4.74 Å². The first-order valence-electron chi connectivity index (χ1n) is 7.19. The van der Waals surface area contributed by atoms with Crippen LogP contribution in [-0.4, -0.2) is 27.8 Å². The van der Waals surface area contributed by atoms with Gasteiger partial charge in [-0.25, -0.2) is 21.9 Å². The van der Waals surface area contributed by atoms with Crippen LogP contribution in [-0.2, 0) is 15.8 Å². The highest BCUT2D eigenvalue weighted by atomic mass is 35.5. The molecule has 0 unspecified atom stereocenters.